The maximum atomic E-state index is 10.5. The Hall–Kier alpha value is -0.730. The zero-order valence-electron chi connectivity index (χ0n) is 8.11. The maximum absolute atomic E-state index is 10.5. The molecule has 5 atom stereocenters. The number of carbonyl (C=O) groups is 1. The number of hydrogen-bond donors (Lipinski definition) is 4. The molecule has 4 N–H and O–H groups in total. The summed E-state index contributed by atoms with van der Waals surface area (Å²) < 4.78 is 9.31. The van der Waals surface area contributed by atoms with E-state index in [0.717, 1.165) is 0 Å². The summed E-state index contributed by atoms with van der Waals surface area (Å²) in [5.41, 5.74) is 0. The number of carbonyl (C=O) groups excluding carboxylic acids is 1. The summed E-state index contributed by atoms with van der Waals surface area (Å²) in [6, 6.07) is 0. The Kier molecular flexibility index (Phi) is 4.00. The predicted octanol–water partition coefficient (Wildman–Crippen LogP) is -2.65. The van der Waals surface area contributed by atoms with E-state index in [9.17, 15) is 15.0 Å². The van der Waals surface area contributed by atoms with E-state index in [1.54, 1.807) is 0 Å². The minimum absolute atomic E-state index is 0.294. The second-order valence-corrected chi connectivity index (χ2v) is 3.34. The molecule has 0 aromatic rings. The Morgan fingerprint density at radius 1 is 1.20 bits per heavy atom. The zero-order chi connectivity index (χ0) is 11.6. The molecule has 0 spiro atoms. The van der Waals surface area contributed by atoms with Gasteiger partial charge in [0.15, 0.2) is 6.29 Å². The molecular formula is C8H14O7. The van der Waals surface area contributed by atoms with Gasteiger partial charge in [0.2, 0.25) is 0 Å². The van der Waals surface area contributed by atoms with E-state index in [1.807, 2.05) is 0 Å². The van der Waals surface area contributed by atoms with Crippen molar-refractivity contribution < 1.29 is 34.7 Å². The standard InChI is InChI=1S/C8H14O7/c1-3(9)14-2-4-5(10)6(11)7(12)8(13)15-4/h4-8,10-13H,2H2,1H3/t4?,5-,6-,7?,8-/m0/s1. The zero-order valence-corrected chi connectivity index (χ0v) is 8.11. The number of aliphatic hydroxyl groups excluding tert-OH is 4. The van der Waals surface area contributed by atoms with Crippen LogP contribution in [0.3, 0.4) is 0 Å². The topological polar surface area (TPSA) is 116 Å². The predicted molar refractivity (Wildman–Crippen MR) is 45.5 cm³/mol. The largest absolute Gasteiger partial charge is 0.463 e. The van der Waals surface area contributed by atoms with Gasteiger partial charge >= 0.3 is 5.97 Å². The highest BCUT2D eigenvalue weighted by Gasteiger charge is 2.43. The first-order valence-corrected chi connectivity index (χ1v) is 4.44. The first-order valence-electron chi connectivity index (χ1n) is 4.44. The molecule has 1 heterocycles. The summed E-state index contributed by atoms with van der Waals surface area (Å²) >= 11 is 0. The molecule has 2 unspecified atom stereocenters. The Morgan fingerprint density at radius 2 is 1.80 bits per heavy atom. The van der Waals surface area contributed by atoms with Crippen molar-refractivity contribution in [2.45, 2.75) is 37.6 Å². The van der Waals surface area contributed by atoms with Crippen molar-refractivity contribution in [3.05, 3.63) is 0 Å². The van der Waals surface area contributed by atoms with Gasteiger partial charge in [-0.15, -0.1) is 0 Å². The summed E-state index contributed by atoms with van der Waals surface area (Å²) in [7, 11) is 0. The van der Waals surface area contributed by atoms with Crippen molar-refractivity contribution in [3.8, 4) is 0 Å². The van der Waals surface area contributed by atoms with E-state index < -0.39 is 36.7 Å². The van der Waals surface area contributed by atoms with E-state index >= 15 is 0 Å². The normalized spacial score (nSPS) is 41.3. The van der Waals surface area contributed by atoms with Gasteiger partial charge in [0, 0.05) is 6.92 Å². The molecule has 0 radical (unpaired) electrons. The molecule has 1 fully saturated rings. The molecule has 1 aliphatic rings. The van der Waals surface area contributed by atoms with Gasteiger partial charge in [0.25, 0.3) is 0 Å². The number of rotatable bonds is 2. The summed E-state index contributed by atoms with van der Waals surface area (Å²) in [4.78, 5) is 10.5. The molecule has 1 rings (SSSR count). The van der Waals surface area contributed by atoms with E-state index in [-0.39, 0.29) is 6.61 Å². The molecule has 7 heteroatoms. The van der Waals surface area contributed by atoms with E-state index in [4.69, 9.17) is 14.9 Å². The lowest BCUT2D eigenvalue weighted by Gasteiger charge is -2.37. The first kappa shape index (κ1) is 12.3. The molecule has 1 aliphatic heterocycles. The number of hydrogen-bond acceptors (Lipinski definition) is 7. The van der Waals surface area contributed by atoms with Gasteiger partial charge in [-0.05, 0) is 0 Å². The molecule has 0 aliphatic carbocycles. The highest BCUT2D eigenvalue weighted by atomic mass is 16.6. The van der Waals surface area contributed by atoms with Crippen molar-refractivity contribution in [1.82, 2.24) is 0 Å². The van der Waals surface area contributed by atoms with Crippen LogP contribution in [0, 0.1) is 0 Å². The molecule has 88 valence electrons. The number of esters is 1. The fourth-order valence-electron chi connectivity index (χ4n) is 1.27. The third-order valence-corrected chi connectivity index (χ3v) is 2.14. The maximum Gasteiger partial charge on any atom is 0.302 e. The third kappa shape index (κ3) is 2.86. The Morgan fingerprint density at radius 3 is 2.33 bits per heavy atom. The van der Waals surface area contributed by atoms with Crippen LogP contribution in [0.2, 0.25) is 0 Å². The van der Waals surface area contributed by atoms with E-state index in [1.165, 1.54) is 6.92 Å². The van der Waals surface area contributed by atoms with Crippen molar-refractivity contribution in [3.63, 3.8) is 0 Å². The van der Waals surface area contributed by atoms with Crippen LogP contribution < -0.4 is 0 Å². The van der Waals surface area contributed by atoms with E-state index in [0.29, 0.717) is 0 Å². The SMILES string of the molecule is CC(=O)OCC1O[C@H](O)C(O)[C@@H](O)[C@H]1O. The first-order chi connectivity index (χ1) is 6.93. The van der Waals surface area contributed by atoms with Crippen molar-refractivity contribution >= 4 is 5.97 Å². The van der Waals surface area contributed by atoms with Gasteiger partial charge in [0.05, 0.1) is 0 Å². The lowest BCUT2D eigenvalue weighted by Crippen LogP contribution is -2.58. The minimum Gasteiger partial charge on any atom is -0.463 e. The van der Waals surface area contributed by atoms with Crippen LogP contribution >= 0.6 is 0 Å². The summed E-state index contributed by atoms with van der Waals surface area (Å²) in [6.07, 6.45) is -7.18. The molecule has 0 aromatic heterocycles. The Bertz CT molecular complexity index is 231. The van der Waals surface area contributed by atoms with Crippen LogP contribution in [-0.2, 0) is 14.3 Å². The van der Waals surface area contributed by atoms with Crippen LogP contribution in [0.1, 0.15) is 6.92 Å². The average Bonchev–Trinajstić information content (AvgIpc) is 2.18. The molecule has 7 nitrogen and oxygen atoms in total. The molecule has 0 saturated carbocycles. The molecule has 1 saturated heterocycles. The van der Waals surface area contributed by atoms with Crippen LogP contribution in [0.25, 0.3) is 0 Å². The Balaban J connectivity index is 2.54. The number of aliphatic hydroxyl groups is 4. The average molecular weight is 222 g/mol. The second kappa shape index (κ2) is 4.86. The van der Waals surface area contributed by atoms with Gasteiger partial charge in [0.1, 0.15) is 31.0 Å². The second-order valence-electron chi connectivity index (χ2n) is 3.34. The van der Waals surface area contributed by atoms with Crippen molar-refractivity contribution in [2.24, 2.45) is 0 Å². The van der Waals surface area contributed by atoms with Gasteiger partial charge in [-0.2, -0.15) is 0 Å². The molecule has 0 aromatic carbocycles. The van der Waals surface area contributed by atoms with Crippen molar-refractivity contribution in [2.75, 3.05) is 6.61 Å². The molecular weight excluding hydrogens is 208 g/mol. The molecule has 0 amide bonds. The monoisotopic (exact) mass is 222 g/mol. The Labute approximate surface area is 85.9 Å². The third-order valence-electron chi connectivity index (χ3n) is 2.14. The highest BCUT2D eigenvalue weighted by Crippen LogP contribution is 2.19. The lowest BCUT2D eigenvalue weighted by atomic mass is 9.99. The smallest absolute Gasteiger partial charge is 0.302 e. The fraction of sp³-hybridized carbons (Fsp3) is 0.875. The number of ether oxygens (including phenoxy) is 2. The van der Waals surface area contributed by atoms with E-state index in [2.05, 4.69) is 4.74 Å². The lowest BCUT2D eigenvalue weighted by molar-refractivity contribution is -0.287. The van der Waals surface area contributed by atoms with Crippen LogP contribution in [0.4, 0.5) is 0 Å². The van der Waals surface area contributed by atoms with Gasteiger partial charge in [-0.1, -0.05) is 0 Å². The van der Waals surface area contributed by atoms with Crippen LogP contribution in [0.15, 0.2) is 0 Å². The minimum atomic E-state index is -1.61. The molecule has 15 heavy (non-hydrogen) atoms. The van der Waals surface area contributed by atoms with Crippen LogP contribution in [-0.4, -0.2) is 63.7 Å². The van der Waals surface area contributed by atoms with Gasteiger partial charge < -0.3 is 29.9 Å². The fourth-order valence-corrected chi connectivity index (χ4v) is 1.27. The van der Waals surface area contributed by atoms with Gasteiger partial charge in [-0.3, -0.25) is 4.79 Å². The van der Waals surface area contributed by atoms with Gasteiger partial charge in [-0.25, -0.2) is 0 Å². The van der Waals surface area contributed by atoms with Crippen LogP contribution in [0.5, 0.6) is 0 Å². The quantitative estimate of drug-likeness (QED) is 0.377. The van der Waals surface area contributed by atoms with Crippen molar-refractivity contribution in [1.29, 1.82) is 0 Å². The summed E-state index contributed by atoms with van der Waals surface area (Å²) in [6.45, 7) is 0.883. The summed E-state index contributed by atoms with van der Waals surface area (Å²) in [5.74, 6) is -0.569. The summed E-state index contributed by atoms with van der Waals surface area (Å²) in [5, 5.41) is 36.9. The molecule has 0 bridgehead atoms. The highest BCUT2D eigenvalue weighted by molar-refractivity contribution is 5.65.